The Morgan fingerprint density at radius 3 is 2.43 bits per heavy atom. The molecule has 2 N–H and O–H groups in total. The average molecular weight is 574 g/mol. The first-order chi connectivity index (χ1) is 20.3. The van der Waals surface area contributed by atoms with Gasteiger partial charge in [-0.05, 0) is 98.4 Å². The zero-order valence-corrected chi connectivity index (χ0v) is 25.2. The first-order valence-electron chi connectivity index (χ1n) is 14.3. The lowest BCUT2D eigenvalue weighted by molar-refractivity contribution is -0.116. The summed E-state index contributed by atoms with van der Waals surface area (Å²) in [5.41, 5.74) is 8.82. The van der Waals surface area contributed by atoms with Gasteiger partial charge in [0.15, 0.2) is 5.11 Å². The van der Waals surface area contributed by atoms with E-state index in [1.807, 2.05) is 54.7 Å². The second-order valence-electron chi connectivity index (χ2n) is 11.2. The number of nitrogens with zero attached hydrogens (tertiary/aromatic N) is 3. The number of hydrogen-bond acceptors (Lipinski definition) is 3. The van der Waals surface area contributed by atoms with Gasteiger partial charge in [0, 0.05) is 47.3 Å². The second-order valence-corrected chi connectivity index (χ2v) is 11.5. The number of fused-ring (bicyclic) bond motifs is 1. The summed E-state index contributed by atoms with van der Waals surface area (Å²) in [6.45, 7) is 9.05. The van der Waals surface area contributed by atoms with E-state index in [9.17, 15) is 4.79 Å². The number of hydrogen-bond donors (Lipinski definition) is 2. The Hall–Kier alpha value is -4.49. The fourth-order valence-electron chi connectivity index (χ4n) is 6.32. The number of aryl methyl sites for hydroxylation is 3. The van der Waals surface area contributed by atoms with Crippen molar-refractivity contribution < 1.29 is 4.79 Å². The maximum Gasteiger partial charge on any atom is 0.226 e. The van der Waals surface area contributed by atoms with Gasteiger partial charge in [0.2, 0.25) is 5.91 Å². The van der Waals surface area contributed by atoms with Gasteiger partial charge in [-0.1, -0.05) is 48.5 Å². The maximum absolute atomic E-state index is 13.3. The van der Waals surface area contributed by atoms with Crippen molar-refractivity contribution in [2.75, 3.05) is 11.9 Å². The molecule has 3 aromatic carbocycles. The maximum atomic E-state index is 13.3. The molecule has 7 heteroatoms. The Bertz CT molecular complexity index is 1770. The number of benzene rings is 3. The van der Waals surface area contributed by atoms with Crippen LogP contribution in [0.4, 0.5) is 5.69 Å². The second kappa shape index (κ2) is 11.4. The predicted octanol–water partition coefficient (Wildman–Crippen LogP) is 7.26. The molecule has 2 aromatic heterocycles. The molecule has 1 aliphatic rings. The molecule has 3 heterocycles. The zero-order chi connectivity index (χ0) is 29.4. The summed E-state index contributed by atoms with van der Waals surface area (Å²) >= 11 is 5.90. The van der Waals surface area contributed by atoms with Crippen LogP contribution < -0.4 is 10.6 Å². The van der Waals surface area contributed by atoms with Gasteiger partial charge in [-0.3, -0.25) is 9.78 Å². The van der Waals surface area contributed by atoms with Crippen LogP contribution >= 0.6 is 12.2 Å². The van der Waals surface area contributed by atoms with E-state index in [4.69, 9.17) is 17.2 Å². The summed E-state index contributed by atoms with van der Waals surface area (Å²) in [5, 5.41) is 9.42. The van der Waals surface area contributed by atoms with Gasteiger partial charge in [-0.15, -0.1) is 0 Å². The van der Waals surface area contributed by atoms with Crippen LogP contribution in [0.15, 0.2) is 91.1 Å². The Morgan fingerprint density at radius 2 is 1.67 bits per heavy atom. The van der Waals surface area contributed by atoms with E-state index in [2.05, 4.69) is 84.2 Å². The van der Waals surface area contributed by atoms with Gasteiger partial charge in [-0.25, -0.2) is 0 Å². The summed E-state index contributed by atoms with van der Waals surface area (Å²) in [6, 6.07) is 28.6. The molecule has 0 bridgehead atoms. The van der Waals surface area contributed by atoms with Crippen molar-refractivity contribution in [1.82, 2.24) is 19.8 Å². The Balaban J connectivity index is 1.32. The summed E-state index contributed by atoms with van der Waals surface area (Å²) in [6.07, 6.45) is 2.11. The number of pyridine rings is 1. The molecular weight excluding hydrogens is 538 g/mol. The molecular formula is C35H35N5OS. The number of carbonyl (C=O) groups excluding carboxylic acids is 1. The minimum Gasteiger partial charge on any atom is -0.352 e. The van der Waals surface area contributed by atoms with Crippen molar-refractivity contribution >= 4 is 39.7 Å². The molecule has 212 valence electrons. The highest BCUT2D eigenvalue weighted by Crippen LogP contribution is 2.41. The highest BCUT2D eigenvalue weighted by atomic mass is 32.1. The lowest BCUT2D eigenvalue weighted by Crippen LogP contribution is -2.33. The van der Waals surface area contributed by atoms with Crippen molar-refractivity contribution in [3.05, 3.63) is 125 Å². The topological polar surface area (TPSA) is 62.2 Å². The summed E-state index contributed by atoms with van der Waals surface area (Å²) in [5.74, 6) is -0.0464. The number of aromatic nitrogens is 2. The fraction of sp³-hybridized carbons (Fsp3) is 0.229. The molecule has 1 amide bonds. The number of anilines is 1. The first-order valence-corrected chi connectivity index (χ1v) is 14.7. The summed E-state index contributed by atoms with van der Waals surface area (Å²) in [7, 11) is 0. The van der Waals surface area contributed by atoms with Crippen LogP contribution in [0.5, 0.6) is 0 Å². The lowest BCUT2D eigenvalue weighted by atomic mass is 9.96. The van der Waals surface area contributed by atoms with Crippen LogP contribution in [0.2, 0.25) is 0 Å². The van der Waals surface area contributed by atoms with Crippen molar-refractivity contribution in [3.8, 4) is 5.69 Å². The number of carbonyl (C=O) groups is 1. The highest BCUT2D eigenvalue weighted by molar-refractivity contribution is 7.80. The van der Waals surface area contributed by atoms with Gasteiger partial charge in [-0.2, -0.15) is 0 Å². The van der Waals surface area contributed by atoms with Gasteiger partial charge in [0.05, 0.1) is 17.8 Å². The molecule has 1 aliphatic heterocycles. The van der Waals surface area contributed by atoms with E-state index >= 15 is 0 Å². The molecule has 1 saturated heterocycles. The van der Waals surface area contributed by atoms with Crippen molar-refractivity contribution in [3.63, 3.8) is 0 Å². The molecule has 42 heavy (non-hydrogen) atoms. The quantitative estimate of drug-likeness (QED) is 0.201. The number of nitrogens with one attached hydrogen (secondary N) is 2. The van der Waals surface area contributed by atoms with Crippen molar-refractivity contribution in [2.45, 2.75) is 46.2 Å². The Labute approximate surface area is 252 Å². The van der Waals surface area contributed by atoms with Crippen LogP contribution in [-0.4, -0.2) is 32.0 Å². The highest BCUT2D eigenvalue weighted by Gasteiger charge is 2.41. The van der Waals surface area contributed by atoms with Crippen LogP contribution in [0.25, 0.3) is 16.5 Å². The molecule has 0 radical (unpaired) electrons. The molecule has 1 fully saturated rings. The average Bonchev–Trinajstić information content (AvgIpc) is 3.46. The SMILES string of the molecule is Cc1cc(C)cc(-n2c(C)cc([C@H]3[C@H](c4ccccn4)NC(=S)N3CCC(=O)Nc3cccc4ccccc34)c2C)c1. The largest absolute Gasteiger partial charge is 0.352 e. The minimum absolute atomic E-state index is 0.0464. The Kier molecular flexibility index (Phi) is 7.52. The van der Waals surface area contributed by atoms with Gasteiger partial charge < -0.3 is 20.1 Å². The van der Waals surface area contributed by atoms with Gasteiger partial charge in [0.25, 0.3) is 0 Å². The Morgan fingerprint density at radius 1 is 0.929 bits per heavy atom. The van der Waals surface area contributed by atoms with Crippen LogP contribution in [0.3, 0.4) is 0 Å². The summed E-state index contributed by atoms with van der Waals surface area (Å²) < 4.78 is 2.32. The van der Waals surface area contributed by atoms with Crippen LogP contribution in [-0.2, 0) is 4.79 Å². The first kappa shape index (κ1) is 27.7. The third-order valence-corrected chi connectivity index (χ3v) is 8.45. The lowest BCUT2D eigenvalue weighted by Gasteiger charge is -2.28. The predicted molar refractivity (Wildman–Crippen MR) is 174 cm³/mol. The number of amides is 1. The van der Waals surface area contributed by atoms with E-state index in [0.717, 1.165) is 39.2 Å². The molecule has 0 spiro atoms. The van der Waals surface area contributed by atoms with Gasteiger partial charge in [0.1, 0.15) is 0 Å². The van der Waals surface area contributed by atoms with E-state index in [0.29, 0.717) is 18.1 Å². The third kappa shape index (κ3) is 5.28. The molecule has 6 rings (SSSR count). The molecule has 0 unspecified atom stereocenters. The third-order valence-electron chi connectivity index (χ3n) is 8.09. The fourth-order valence-corrected chi connectivity index (χ4v) is 6.65. The van der Waals surface area contributed by atoms with E-state index < -0.39 is 0 Å². The number of thiocarbonyl (C=S) groups is 1. The zero-order valence-electron chi connectivity index (χ0n) is 24.4. The van der Waals surface area contributed by atoms with Crippen molar-refractivity contribution in [1.29, 1.82) is 0 Å². The minimum atomic E-state index is -0.145. The number of rotatable bonds is 7. The monoisotopic (exact) mass is 573 g/mol. The van der Waals surface area contributed by atoms with Crippen molar-refractivity contribution in [2.24, 2.45) is 0 Å². The normalized spacial score (nSPS) is 16.6. The molecule has 0 aliphatic carbocycles. The molecule has 0 saturated carbocycles. The standard InChI is InChI=1S/C35H35N5OS/c1-22-18-23(2)20-27(19-22)40-24(3)21-29(25(40)4)34-33(31-13-7-8-16-36-31)38-35(42)39(34)17-15-32(41)37-30-14-9-11-26-10-5-6-12-28(26)30/h5-14,16,18-21,33-34H,15,17H2,1-4H3,(H,37,41)(H,38,42)/t33-,34-/m0/s1. The van der Waals surface area contributed by atoms with E-state index in [-0.39, 0.29) is 18.0 Å². The van der Waals surface area contributed by atoms with Gasteiger partial charge >= 0.3 is 0 Å². The van der Waals surface area contributed by atoms with Crippen LogP contribution in [0.1, 0.15) is 52.3 Å². The van der Waals surface area contributed by atoms with E-state index in [1.165, 1.54) is 16.7 Å². The molecule has 5 aromatic rings. The van der Waals surface area contributed by atoms with Crippen LogP contribution in [0, 0.1) is 27.7 Å². The summed E-state index contributed by atoms with van der Waals surface area (Å²) in [4.78, 5) is 20.1. The van der Waals surface area contributed by atoms with E-state index in [1.54, 1.807) is 0 Å². The molecule has 2 atom stereocenters. The molecule has 6 nitrogen and oxygen atoms in total. The smallest absolute Gasteiger partial charge is 0.226 e.